The molecule has 5 aliphatic rings. The van der Waals surface area contributed by atoms with E-state index in [9.17, 15) is 0 Å². The number of rotatable bonds is 2. The largest absolute Gasteiger partial charge is 0.494 e. The van der Waals surface area contributed by atoms with Crippen molar-refractivity contribution in [1.29, 1.82) is 0 Å². The first-order valence-electron chi connectivity index (χ1n) is 13.4. The van der Waals surface area contributed by atoms with Gasteiger partial charge in [-0.3, -0.25) is 0 Å². The van der Waals surface area contributed by atoms with Crippen molar-refractivity contribution in [2.24, 2.45) is 5.92 Å². The second kappa shape index (κ2) is 8.05. The highest BCUT2D eigenvalue weighted by Crippen LogP contribution is 2.65. The molecule has 3 aliphatic carbocycles. The highest BCUT2D eigenvalue weighted by atomic mass is 16.6. The van der Waals surface area contributed by atoms with Gasteiger partial charge in [-0.15, -0.1) is 0 Å². The molecule has 182 valence electrons. The highest BCUT2D eigenvalue weighted by molar-refractivity contribution is 6.62. The second-order valence-corrected chi connectivity index (χ2v) is 11.0. The van der Waals surface area contributed by atoms with Crippen molar-refractivity contribution in [1.82, 2.24) is 0 Å². The fourth-order valence-corrected chi connectivity index (χ4v) is 7.43. The van der Waals surface area contributed by atoms with E-state index in [0.29, 0.717) is 32.3 Å². The van der Waals surface area contributed by atoms with Gasteiger partial charge in [0.05, 0.1) is 31.8 Å². The molecule has 3 aromatic carbocycles. The monoisotopic (exact) mass is 486 g/mol. The van der Waals surface area contributed by atoms with Crippen molar-refractivity contribution >= 4 is 25.2 Å². The molecule has 2 saturated heterocycles. The molecule has 37 heavy (non-hydrogen) atoms. The maximum atomic E-state index is 5.95. The Labute approximate surface area is 218 Å². The molecule has 8 rings (SSSR count). The third-order valence-corrected chi connectivity index (χ3v) is 8.90. The van der Waals surface area contributed by atoms with Crippen molar-refractivity contribution in [2.45, 2.75) is 25.2 Å². The smallest absolute Gasteiger partial charge is 0.405 e. The molecule has 3 aromatic rings. The summed E-state index contributed by atoms with van der Waals surface area (Å²) in [7, 11) is -0.612. The van der Waals surface area contributed by atoms with Gasteiger partial charge in [0.2, 0.25) is 0 Å². The molecule has 0 N–H and O–H groups in total. The Balaban J connectivity index is 1.45. The summed E-state index contributed by atoms with van der Waals surface area (Å²) in [5.74, 6) is 0.596. The minimum atomic E-state index is -0.314. The van der Waals surface area contributed by atoms with Gasteiger partial charge in [0.25, 0.3) is 0 Å². The average molecular weight is 486 g/mol. The van der Waals surface area contributed by atoms with Crippen LogP contribution in [0.15, 0.2) is 78.4 Å². The molecule has 6 heteroatoms. The molecule has 0 radical (unpaired) electrons. The lowest BCUT2D eigenvalue weighted by atomic mass is 9.63. The van der Waals surface area contributed by atoms with E-state index in [2.05, 4.69) is 86.7 Å². The van der Waals surface area contributed by atoms with E-state index in [1.807, 2.05) is 0 Å². The summed E-state index contributed by atoms with van der Waals surface area (Å²) in [6.07, 6.45) is 7.21. The van der Waals surface area contributed by atoms with Crippen molar-refractivity contribution in [3.8, 4) is 11.1 Å². The van der Waals surface area contributed by atoms with E-state index in [-0.39, 0.29) is 25.6 Å². The first-order valence-corrected chi connectivity index (χ1v) is 13.4. The molecule has 0 amide bonds. The van der Waals surface area contributed by atoms with E-state index in [1.165, 1.54) is 44.5 Å². The third kappa shape index (κ3) is 3.01. The maximum Gasteiger partial charge on any atom is 0.494 e. The van der Waals surface area contributed by atoms with Crippen LogP contribution in [0.2, 0.25) is 0 Å². The molecule has 0 saturated carbocycles. The molecule has 2 aliphatic heterocycles. The van der Waals surface area contributed by atoms with Crippen LogP contribution < -0.4 is 10.9 Å². The van der Waals surface area contributed by atoms with E-state index in [0.717, 1.165) is 10.9 Å². The van der Waals surface area contributed by atoms with Crippen molar-refractivity contribution in [3.05, 3.63) is 106 Å². The lowest BCUT2D eigenvalue weighted by Crippen LogP contribution is -2.38. The van der Waals surface area contributed by atoms with Crippen molar-refractivity contribution in [3.63, 3.8) is 0 Å². The summed E-state index contributed by atoms with van der Waals surface area (Å²) < 4.78 is 23.8. The Kier molecular flexibility index (Phi) is 4.82. The van der Waals surface area contributed by atoms with Gasteiger partial charge in [0, 0.05) is 11.8 Å². The van der Waals surface area contributed by atoms with Crippen LogP contribution in [0.3, 0.4) is 0 Å². The van der Waals surface area contributed by atoms with Crippen LogP contribution in [0.5, 0.6) is 0 Å². The molecule has 0 bridgehead atoms. The van der Waals surface area contributed by atoms with E-state index >= 15 is 0 Å². The van der Waals surface area contributed by atoms with Gasteiger partial charge in [-0.1, -0.05) is 84.0 Å². The first kappa shape index (κ1) is 22.1. The average Bonchev–Trinajstić information content (AvgIpc) is 3.71. The Hall–Kier alpha value is -2.89. The van der Waals surface area contributed by atoms with Crippen LogP contribution >= 0.6 is 0 Å². The van der Waals surface area contributed by atoms with Crippen LogP contribution in [0.1, 0.15) is 40.7 Å². The van der Waals surface area contributed by atoms with Crippen LogP contribution in [0.4, 0.5) is 0 Å². The summed E-state index contributed by atoms with van der Waals surface area (Å²) in [4.78, 5) is 0. The van der Waals surface area contributed by atoms with E-state index in [1.54, 1.807) is 0 Å². The summed E-state index contributed by atoms with van der Waals surface area (Å²) in [6.45, 7) is 6.97. The lowest BCUT2D eigenvalue weighted by Gasteiger charge is -2.37. The normalized spacial score (nSPS) is 24.3. The fraction of sp³-hybridized carbons (Fsp3) is 0.290. The number of benzene rings is 3. The molecule has 2 heterocycles. The number of allylic oxidation sites excluding steroid dienone is 4. The second-order valence-electron chi connectivity index (χ2n) is 11.0. The van der Waals surface area contributed by atoms with Crippen molar-refractivity contribution < 1.29 is 18.6 Å². The molecule has 0 aromatic heterocycles. The molecule has 2 unspecified atom stereocenters. The molecule has 2 atom stereocenters. The molecular formula is C31H28B2O4. The van der Waals surface area contributed by atoms with Gasteiger partial charge in [-0.2, -0.15) is 0 Å². The highest BCUT2D eigenvalue weighted by Gasteiger charge is 2.57. The SMILES string of the molecule is CC1=CC2C(C=C1)c1ccc(C)cc1C21c2cc(B3OCCO3)ccc2-c2ccc(B3OCCO3)cc21. The quantitative estimate of drug-likeness (QED) is 0.513. The van der Waals surface area contributed by atoms with Crippen LogP contribution in [-0.4, -0.2) is 40.7 Å². The van der Waals surface area contributed by atoms with Gasteiger partial charge in [0.15, 0.2) is 0 Å². The molecule has 1 spiro atoms. The maximum absolute atomic E-state index is 5.95. The summed E-state index contributed by atoms with van der Waals surface area (Å²) in [6, 6.07) is 20.7. The van der Waals surface area contributed by atoms with Gasteiger partial charge >= 0.3 is 14.2 Å². The van der Waals surface area contributed by atoms with Crippen molar-refractivity contribution in [2.75, 3.05) is 26.4 Å². The molecular weight excluding hydrogens is 458 g/mol. The minimum Gasteiger partial charge on any atom is -0.405 e. The van der Waals surface area contributed by atoms with Gasteiger partial charge in [-0.25, -0.2) is 0 Å². The van der Waals surface area contributed by atoms with Gasteiger partial charge in [0.1, 0.15) is 0 Å². The Bertz CT molecular complexity index is 1430. The summed E-state index contributed by atoms with van der Waals surface area (Å²) in [5, 5.41) is 0. The fourth-order valence-electron chi connectivity index (χ4n) is 7.43. The topological polar surface area (TPSA) is 36.9 Å². The zero-order chi connectivity index (χ0) is 24.7. The zero-order valence-corrected chi connectivity index (χ0v) is 21.2. The van der Waals surface area contributed by atoms with Gasteiger partial charge < -0.3 is 18.6 Å². The third-order valence-electron chi connectivity index (χ3n) is 8.90. The Morgan fingerprint density at radius 3 is 1.89 bits per heavy atom. The van der Waals surface area contributed by atoms with E-state index in [4.69, 9.17) is 18.6 Å². The molecule has 4 nitrogen and oxygen atoms in total. The van der Waals surface area contributed by atoms with Crippen LogP contribution in [-0.2, 0) is 24.0 Å². The standard InChI is InChI=1S/C31H28B2O4/c1-19-3-7-23-24-8-4-20(2)16-28(24)31(27(23)15-19)29-17-21(32-34-11-12-35-32)5-9-25(29)26-10-6-22(18-30(26)31)33-36-13-14-37-33/h3-10,15-18,23,27H,11-14H2,1-2H3. The minimum absolute atomic E-state index is 0.274. The van der Waals surface area contributed by atoms with E-state index < -0.39 is 0 Å². The van der Waals surface area contributed by atoms with Gasteiger partial charge in [-0.05, 0) is 58.2 Å². The summed E-state index contributed by atoms with van der Waals surface area (Å²) in [5.41, 5.74) is 12.6. The predicted molar refractivity (Wildman–Crippen MR) is 147 cm³/mol. The number of hydrogen-bond donors (Lipinski definition) is 0. The van der Waals surface area contributed by atoms with Crippen LogP contribution in [0, 0.1) is 12.8 Å². The Morgan fingerprint density at radius 1 is 0.703 bits per heavy atom. The number of hydrogen-bond acceptors (Lipinski definition) is 4. The summed E-state index contributed by atoms with van der Waals surface area (Å²) >= 11 is 0. The number of aryl methyl sites for hydroxylation is 1. The zero-order valence-electron chi connectivity index (χ0n) is 21.2. The van der Waals surface area contributed by atoms with Crippen LogP contribution in [0.25, 0.3) is 11.1 Å². The first-order chi connectivity index (χ1) is 18.1. The lowest BCUT2D eigenvalue weighted by molar-refractivity contribution is 0.365. The number of fused-ring (bicyclic) bond motifs is 10. The predicted octanol–water partition coefficient (Wildman–Crippen LogP) is 4.02. The Morgan fingerprint density at radius 2 is 1.30 bits per heavy atom. The molecule has 2 fully saturated rings.